The first kappa shape index (κ1) is 24.2. The van der Waals surface area contributed by atoms with Crippen molar-refractivity contribution < 1.29 is 23.2 Å². The number of piperazine rings is 1. The summed E-state index contributed by atoms with van der Waals surface area (Å²) in [6, 6.07) is 11.7. The molecule has 8 nitrogen and oxygen atoms in total. The zero-order chi connectivity index (χ0) is 26.5. The Balaban J connectivity index is 1.45. The number of hydrogen-bond acceptors (Lipinski definition) is 4. The first-order valence-electron chi connectivity index (χ1n) is 11.6. The molecule has 3 heterocycles. The van der Waals surface area contributed by atoms with Crippen LogP contribution in [0.3, 0.4) is 0 Å². The lowest BCUT2D eigenvalue weighted by atomic mass is 9.88. The van der Waals surface area contributed by atoms with Crippen LogP contribution in [-0.4, -0.2) is 51.2 Å². The molecule has 1 aromatic heterocycles. The molecule has 0 spiro atoms. The average Bonchev–Trinajstić information content (AvgIpc) is 3.18. The summed E-state index contributed by atoms with van der Waals surface area (Å²) in [7, 11) is 1.70. The van der Waals surface area contributed by atoms with Gasteiger partial charge in [0.05, 0.1) is 12.1 Å². The van der Waals surface area contributed by atoms with Crippen molar-refractivity contribution in [1.82, 2.24) is 14.7 Å². The van der Waals surface area contributed by atoms with Crippen molar-refractivity contribution in [2.24, 2.45) is 7.05 Å². The second kappa shape index (κ2) is 8.85. The molecule has 4 amide bonds. The van der Waals surface area contributed by atoms with Crippen LogP contribution in [0.1, 0.15) is 30.2 Å². The minimum atomic E-state index is -1.50. The Morgan fingerprint density at radius 3 is 2.22 bits per heavy atom. The van der Waals surface area contributed by atoms with Gasteiger partial charge in [-0.25, -0.2) is 18.5 Å². The summed E-state index contributed by atoms with van der Waals surface area (Å²) in [6.07, 6.45) is -0.431. The van der Waals surface area contributed by atoms with Gasteiger partial charge in [0.15, 0.2) is 11.6 Å². The highest BCUT2D eigenvalue weighted by atomic mass is 19.1. The normalized spacial score (nSPS) is 19.6. The van der Waals surface area contributed by atoms with Crippen LogP contribution >= 0.6 is 0 Å². The van der Waals surface area contributed by atoms with Gasteiger partial charge in [-0.2, -0.15) is 5.10 Å². The van der Waals surface area contributed by atoms with Crippen LogP contribution in [0.4, 0.5) is 25.1 Å². The van der Waals surface area contributed by atoms with E-state index in [-0.39, 0.29) is 18.7 Å². The molecule has 10 heteroatoms. The number of fused-ring (bicyclic) bond motifs is 1. The fraction of sp³-hybridized carbons (Fsp3) is 0.259. The number of carbonyl (C=O) groups is 3. The maximum absolute atomic E-state index is 15.1. The Morgan fingerprint density at radius 2 is 1.59 bits per heavy atom. The fourth-order valence-corrected chi connectivity index (χ4v) is 4.84. The number of aromatic nitrogens is 2. The van der Waals surface area contributed by atoms with E-state index in [4.69, 9.17) is 0 Å². The zero-order valence-electron chi connectivity index (χ0n) is 20.5. The molecule has 188 valence electrons. The molecule has 2 fully saturated rings. The highest BCUT2D eigenvalue weighted by Gasteiger charge is 2.56. The van der Waals surface area contributed by atoms with Gasteiger partial charge in [-0.05, 0) is 38.1 Å². The van der Waals surface area contributed by atoms with Gasteiger partial charge in [0.1, 0.15) is 17.0 Å². The van der Waals surface area contributed by atoms with Crippen molar-refractivity contribution in [1.29, 1.82) is 0 Å². The Kier molecular flexibility index (Phi) is 5.79. The summed E-state index contributed by atoms with van der Waals surface area (Å²) in [5.41, 5.74) is -0.852. The molecule has 2 aliphatic rings. The van der Waals surface area contributed by atoms with Crippen molar-refractivity contribution in [2.45, 2.75) is 25.8 Å². The van der Waals surface area contributed by atoms with Gasteiger partial charge >= 0.3 is 6.03 Å². The predicted octanol–water partition coefficient (Wildman–Crippen LogP) is 3.37. The van der Waals surface area contributed by atoms with E-state index in [2.05, 4.69) is 16.9 Å². The Morgan fingerprint density at radius 1 is 0.946 bits per heavy atom. The van der Waals surface area contributed by atoms with E-state index in [0.29, 0.717) is 22.0 Å². The molecule has 1 unspecified atom stereocenters. The largest absolute Gasteiger partial charge is 0.332 e. The third-order valence-corrected chi connectivity index (χ3v) is 6.64. The number of hydrogen-bond donors (Lipinski definition) is 0. The molecule has 3 aromatic rings. The number of nitrogens with zero attached hydrogens (tertiary/aromatic N) is 5. The molecule has 0 radical (unpaired) electrons. The number of carbonyl (C=O) groups excluding carboxylic acids is 3. The number of imide groups is 1. The molecule has 1 atom stereocenters. The molecule has 37 heavy (non-hydrogen) atoms. The van der Waals surface area contributed by atoms with Crippen LogP contribution in [0.5, 0.6) is 0 Å². The lowest BCUT2D eigenvalue weighted by Gasteiger charge is -2.51. The van der Waals surface area contributed by atoms with Crippen LogP contribution in [-0.2, 0) is 16.6 Å². The number of amides is 4. The van der Waals surface area contributed by atoms with Crippen LogP contribution < -0.4 is 9.80 Å². The fourth-order valence-electron chi connectivity index (χ4n) is 4.84. The van der Waals surface area contributed by atoms with Gasteiger partial charge in [-0.15, -0.1) is 0 Å². The van der Waals surface area contributed by atoms with E-state index >= 15 is 8.78 Å². The molecular formula is C27H23F2N5O3. The van der Waals surface area contributed by atoms with Crippen LogP contribution in [0, 0.1) is 30.4 Å². The lowest BCUT2D eigenvalue weighted by Crippen LogP contribution is -2.73. The molecule has 2 aromatic carbocycles. The van der Waals surface area contributed by atoms with Crippen molar-refractivity contribution in [2.75, 3.05) is 22.9 Å². The molecule has 0 N–H and O–H groups in total. The zero-order valence-corrected chi connectivity index (χ0v) is 20.5. The minimum Gasteiger partial charge on any atom is -0.307 e. The molecule has 2 aliphatic heterocycles. The van der Waals surface area contributed by atoms with Gasteiger partial charge in [-0.3, -0.25) is 19.2 Å². The lowest BCUT2D eigenvalue weighted by molar-refractivity contribution is -0.137. The number of rotatable bonds is 2. The Labute approximate surface area is 212 Å². The highest BCUT2D eigenvalue weighted by molar-refractivity contribution is 6.20. The molecule has 0 saturated carbocycles. The van der Waals surface area contributed by atoms with Gasteiger partial charge in [0, 0.05) is 37.3 Å². The van der Waals surface area contributed by atoms with E-state index in [0.717, 1.165) is 12.1 Å². The van der Waals surface area contributed by atoms with Crippen molar-refractivity contribution in [3.8, 4) is 11.8 Å². The molecule has 0 aliphatic carbocycles. The molecule has 0 bridgehead atoms. The molecule has 2 saturated heterocycles. The molecular weight excluding hydrogens is 480 g/mol. The number of halogens is 2. The first-order chi connectivity index (χ1) is 17.6. The van der Waals surface area contributed by atoms with E-state index in [1.807, 2.05) is 6.07 Å². The van der Waals surface area contributed by atoms with E-state index < -0.39 is 47.1 Å². The van der Waals surface area contributed by atoms with Crippen LogP contribution in [0.2, 0.25) is 0 Å². The summed E-state index contributed by atoms with van der Waals surface area (Å²) in [5.74, 6) is 2.51. The Hall–Kier alpha value is -4.52. The third-order valence-electron chi connectivity index (χ3n) is 6.64. The topological polar surface area (TPSA) is 78.8 Å². The maximum Gasteiger partial charge on any atom is 0.332 e. The van der Waals surface area contributed by atoms with Gasteiger partial charge in [-0.1, -0.05) is 30.0 Å². The predicted molar refractivity (Wildman–Crippen MR) is 132 cm³/mol. The Bertz CT molecular complexity index is 1480. The summed E-state index contributed by atoms with van der Waals surface area (Å²) in [5, 5.41) is 4.26. The summed E-state index contributed by atoms with van der Waals surface area (Å²) in [6.45, 7) is 3.49. The van der Waals surface area contributed by atoms with E-state index in [1.54, 1.807) is 49.0 Å². The number of benzene rings is 2. The van der Waals surface area contributed by atoms with Crippen molar-refractivity contribution in [3.05, 3.63) is 77.0 Å². The average molecular weight is 504 g/mol. The standard InChI is InChI=1S/C27H23F2N5O3/c1-17-13-22(31(3)30-17)32-11-12-33-26(37)34(23(35)16-27(33,2)25(32)36)24-20(28)14-19(15-21(24)29)10-9-18-7-5-4-6-8-18/h4-8,13-15H,11-12,16H2,1-3H3. The van der Waals surface area contributed by atoms with Crippen molar-refractivity contribution in [3.63, 3.8) is 0 Å². The van der Waals surface area contributed by atoms with Gasteiger partial charge in [0.2, 0.25) is 5.91 Å². The van der Waals surface area contributed by atoms with Crippen LogP contribution in [0.25, 0.3) is 0 Å². The quantitative estimate of drug-likeness (QED) is 0.503. The molecule has 5 rings (SSSR count). The highest BCUT2D eigenvalue weighted by Crippen LogP contribution is 2.38. The SMILES string of the molecule is Cc1cc(N2CCN3C(=O)N(c4c(F)cc(C#Cc5ccccc5)cc4F)C(=O)CC3(C)C2=O)n(C)n1. The smallest absolute Gasteiger partial charge is 0.307 e. The summed E-state index contributed by atoms with van der Waals surface area (Å²) >= 11 is 0. The van der Waals surface area contributed by atoms with Crippen molar-refractivity contribution >= 4 is 29.4 Å². The maximum atomic E-state index is 15.1. The van der Waals surface area contributed by atoms with E-state index in [1.165, 1.54) is 16.7 Å². The monoisotopic (exact) mass is 503 g/mol. The summed E-state index contributed by atoms with van der Waals surface area (Å²) < 4.78 is 31.8. The second-order valence-corrected chi connectivity index (χ2v) is 9.24. The third kappa shape index (κ3) is 4.02. The van der Waals surface area contributed by atoms with Crippen LogP contribution in [0.15, 0.2) is 48.5 Å². The van der Waals surface area contributed by atoms with E-state index in [9.17, 15) is 14.4 Å². The van der Waals surface area contributed by atoms with Gasteiger partial charge < -0.3 is 4.90 Å². The second-order valence-electron chi connectivity index (χ2n) is 9.24. The number of urea groups is 1. The number of anilines is 2. The number of aryl methyl sites for hydroxylation is 2. The first-order valence-corrected chi connectivity index (χ1v) is 11.6. The summed E-state index contributed by atoms with van der Waals surface area (Å²) in [4.78, 5) is 43.2. The minimum absolute atomic E-state index is 0.0552. The van der Waals surface area contributed by atoms with Gasteiger partial charge in [0.25, 0.3) is 5.91 Å².